The average molecular weight is 397 g/mol. The number of rotatable bonds is 1. The third-order valence-corrected chi connectivity index (χ3v) is 8.61. The topological polar surface area (TPSA) is 50.8 Å². The maximum absolute atomic E-state index is 13.7. The Labute approximate surface area is 173 Å². The van der Waals surface area contributed by atoms with Crippen LogP contribution >= 0.6 is 0 Å². The van der Waals surface area contributed by atoms with E-state index in [-0.39, 0.29) is 22.8 Å². The molecule has 5 nitrogen and oxygen atoms in total. The molecule has 29 heavy (non-hydrogen) atoms. The molecule has 2 saturated carbocycles. The zero-order valence-corrected chi connectivity index (χ0v) is 17.5. The molecule has 5 aliphatic rings. The molecule has 2 atom stereocenters. The third-order valence-electron chi connectivity index (χ3n) is 8.61. The molecule has 0 bridgehead atoms. The van der Waals surface area contributed by atoms with E-state index >= 15 is 0 Å². The average Bonchev–Trinajstić information content (AvgIpc) is 3.22. The van der Waals surface area contributed by atoms with Crippen LogP contribution in [0.15, 0.2) is 12.1 Å². The highest BCUT2D eigenvalue weighted by molar-refractivity contribution is 5.84. The van der Waals surface area contributed by atoms with E-state index in [1.165, 1.54) is 36.8 Å². The summed E-state index contributed by atoms with van der Waals surface area (Å²) in [6.45, 7) is 6.45. The normalized spacial score (nSPS) is 31.0. The molecule has 1 saturated heterocycles. The van der Waals surface area contributed by atoms with Gasteiger partial charge in [-0.1, -0.05) is 12.8 Å². The maximum Gasteiger partial charge on any atom is 0.226 e. The molecule has 2 unspecified atom stereocenters. The molecule has 0 aromatic heterocycles. The first kappa shape index (κ1) is 18.1. The number of piperidine rings is 1. The number of hydrogen-bond donors (Lipinski definition) is 1. The lowest BCUT2D eigenvalue weighted by atomic mass is 9.71. The Bertz CT molecular complexity index is 839. The molecule has 2 spiro atoms. The predicted octanol–water partition coefficient (Wildman–Crippen LogP) is 3.56. The first-order valence-electron chi connectivity index (χ1n) is 11.6. The Balaban J connectivity index is 1.36. The number of hydrogen-bond acceptors (Lipinski definition) is 4. The van der Waals surface area contributed by atoms with Crippen molar-refractivity contribution in [3.63, 3.8) is 0 Å². The number of nitrogens with one attached hydrogen (secondary N) is 1. The molecule has 156 valence electrons. The van der Waals surface area contributed by atoms with E-state index in [1.807, 2.05) is 0 Å². The lowest BCUT2D eigenvalue weighted by molar-refractivity contribution is -0.137. The van der Waals surface area contributed by atoms with Crippen LogP contribution in [0.5, 0.6) is 11.5 Å². The minimum atomic E-state index is 0.101. The van der Waals surface area contributed by atoms with Crippen molar-refractivity contribution >= 4 is 5.91 Å². The van der Waals surface area contributed by atoms with Gasteiger partial charge in [0.2, 0.25) is 5.91 Å². The smallest absolute Gasteiger partial charge is 0.226 e. The molecular formula is C24H32N2O3. The highest BCUT2D eigenvalue weighted by Crippen LogP contribution is 2.61. The maximum atomic E-state index is 13.7. The van der Waals surface area contributed by atoms with Gasteiger partial charge in [-0.05, 0) is 80.8 Å². The van der Waals surface area contributed by atoms with Gasteiger partial charge in [-0.3, -0.25) is 4.79 Å². The zero-order valence-electron chi connectivity index (χ0n) is 17.5. The highest BCUT2D eigenvalue weighted by atomic mass is 16.6. The van der Waals surface area contributed by atoms with Gasteiger partial charge in [-0.15, -0.1) is 0 Å². The lowest BCUT2D eigenvalue weighted by Crippen LogP contribution is -2.49. The second-order valence-electron chi connectivity index (χ2n) is 10.1. The largest absolute Gasteiger partial charge is 0.486 e. The van der Waals surface area contributed by atoms with Crippen molar-refractivity contribution in [1.29, 1.82) is 0 Å². The van der Waals surface area contributed by atoms with Gasteiger partial charge in [0.25, 0.3) is 0 Å². The van der Waals surface area contributed by atoms with Gasteiger partial charge in [-0.2, -0.15) is 0 Å². The minimum absolute atomic E-state index is 0.101. The summed E-state index contributed by atoms with van der Waals surface area (Å²) in [5.74, 6) is 2.39. The van der Waals surface area contributed by atoms with Crippen molar-refractivity contribution in [2.24, 2.45) is 11.3 Å². The molecule has 3 heterocycles. The number of ether oxygens (including phenoxy) is 2. The van der Waals surface area contributed by atoms with Crippen LogP contribution in [0.2, 0.25) is 0 Å². The predicted molar refractivity (Wildman–Crippen MR) is 110 cm³/mol. The van der Waals surface area contributed by atoms with Crippen molar-refractivity contribution in [2.75, 3.05) is 32.8 Å². The fourth-order valence-electron chi connectivity index (χ4n) is 6.75. The van der Waals surface area contributed by atoms with E-state index in [9.17, 15) is 4.79 Å². The fourth-order valence-corrected chi connectivity index (χ4v) is 6.75. The molecule has 5 heteroatoms. The Morgan fingerprint density at radius 2 is 1.76 bits per heavy atom. The third kappa shape index (κ3) is 2.66. The Morgan fingerprint density at radius 3 is 2.48 bits per heavy atom. The van der Waals surface area contributed by atoms with Gasteiger partial charge >= 0.3 is 0 Å². The summed E-state index contributed by atoms with van der Waals surface area (Å²) < 4.78 is 11.8. The Kier molecular flexibility index (Phi) is 3.97. The van der Waals surface area contributed by atoms with Gasteiger partial charge in [0.05, 0.1) is 6.04 Å². The van der Waals surface area contributed by atoms with Crippen LogP contribution in [-0.4, -0.2) is 43.7 Å². The number of benzene rings is 1. The summed E-state index contributed by atoms with van der Waals surface area (Å²) in [5.41, 5.74) is 3.10. The Morgan fingerprint density at radius 1 is 1.07 bits per heavy atom. The van der Waals surface area contributed by atoms with Gasteiger partial charge in [-0.25, -0.2) is 0 Å². The van der Waals surface area contributed by atoms with E-state index in [0.29, 0.717) is 19.1 Å². The first-order chi connectivity index (χ1) is 14.1. The zero-order chi connectivity index (χ0) is 19.6. The van der Waals surface area contributed by atoms with Crippen molar-refractivity contribution < 1.29 is 14.3 Å². The Hall–Kier alpha value is -1.75. The van der Waals surface area contributed by atoms with Crippen LogP contribution in [0.25, 0.3) is 0 Å². The summed E-state index contributed by atoms with van der Waals surface area (Å²) in [4.78, 5) is 16.0. The van der Waals surface area contributed by atoms with Crippen LogP contribution in [0.4, 0.5) is 0 Å². The molecule has 2 aliphatic carbocycles. The molecule has 0 radical (unpaired) electrons. The first-order valence-corrected chi connectivity index (χ1v) is 11.6. The van der Waals surface area contributed by atoms with Crippen LogP contribution in [0, 0.1) is 11.3 Å². The molecule has 1 N–H and O–H groups in total. The fraction of sp³-hybridized carbons (Fsp3) is 0.708. The standard InChI is InChI=1S/C24H32N2O3/c1-16-17-12-20-21(29-11-10-28-20)13-18(17)24(4-2-3-5-24)15-26(16)22(27)19-14-23(19)6-8-25-9-7-23/h12-13,16,19,25H,2-11,14-15H2,1H3. The van der Waals surface area contributed by atoms with Crippen LogP contribution in [0.1, 0.15) is 69.0 Å². The van der Waals surface area contributed by atoms with E-state index in [1.54, 1.807) is 0 Å². The van der Waals surface area contributed by atoms with Crippen LogP contribution in [0.3, 0.4) is 0 Å². The molecule has 1 aromatic carbocycles. The minimum Gasteiger partial charge on any atom is -0.486 e. The van der Waals surface area contributed by atoms with Crippen molar-refractivity contribution in [2.45, 2.75) is 63.3 Å². The van der Waals surface area contributed by atoms with E-state index in [4.69, 9.17) is 9.47 Å². The van der Waals surface area contributed by atoms with E-state index in [0.717, 1.165) is 50.4 Å². The SMILES string of the molecule is CC1c2cc3c(cc2C2(CCCC2)CN1C(=O)C1CC12CCNCC2)OCCO3. The molecule has 1 aromatic rings. The number of carbonyl (C=O) groups excluding carboxylic acids is 1. The summed E-state index contributed by atoms with van der Waals surface area (Å²) in [6.07, 6.45) is 8.27. The number of amides is 1. The molecular weight excluding hydrogens is 364 g/mol. The second kappa shape index (κ2) is 6.37. The molecule has 3 aliphatic heterocycles. The number of fused-ring (bicyclic) bond motifs is 3. The summed E-state index contributed by atoms with van der Waals surface area (Å²) in [7, 11) is 0. The monoisotopic (exact) mass is 396 g/mol. The highest BCUT2D eigenvalue weighted by Gasteiger charge is 2.60. The summed E-state index contributed by atoms with van der Waals surface area (Å²) in [6, 6.07) is 4.54. The van der Waals surface area contributed by atoms with Crippen molar-refractivity contribution in [3.8, 4) is 11.5 Å². The van der Waals surface area contributed by atoms with Gasteiger partial charge in [0, 0.05) is 17.9 Å². The van der Waals surface area contributed by atoms with E-state index in [2.05, 4.69) is 29.3 Å². The van der Waals surface area contributed by atoms with Gasteiger partial charge < -0.3 is 19.7 Å². The number of nitrogens with zero attached hydrogens (tertiary/aromatic N) is 1. The molecule has 1 amide bonds. The summed E-state index contributed by atoms with van der Waals surface area (Å²) >= 11 is 0. The summed E-state index contributed by atoms with van der Waals surface area (Å²) in [5, 5.41) is 3.46. The van der Waals surface area contributed by atoms with E-state index < -0.39 is 0 Å². The quantitative estimate of drug-likeness (QED) is 0.789. The number of carbonyl (C=O) groups is 1. The van der Waals surface area contributed by atoms with Gasteiger partial charge in [0.1, 0.15) is 13.2 Å². The van der Waals surface area contributed by atoms with Crippen LogP contribution in [-0.2, 0) is 10.2 Å². The lowest BCUT2D eigenvalue weighted by Gasteiger charge is -2.47. The van der Waals surface area contributed by atoms with Crippen LogP contribution < -0.4 is 14.8 Å². The van der Waals surface area contributed by atoms with Crippen molar-refractivity contribution in [3.05, 3.63) is 23.3 Å². The molecule has 6 rings (SSSR count). The van der Waals surface area contributed by atoms with Gasteiger partial charge in [0.15, 0.2) is 11.5 Å². The molecule has 3 fully saturated rings. The second-order valence-corrected chi connectivity index (χ2v) is 10.1. The van der Waals surface area contributed by atoms with Crippen molar-refractivity contribution in [1.82, 2.24) is 10.2 Å².